The summed E-state index contributed by atoms with van der Waals surface area (Å²) in [6.45, 7) is 6.10. The summed E-state index contributed by atoms with van der Waals surface area (Å²) in [5, 5.41) is 22.7. The molecule has 122 valence electrons. The summed E-state index contributed by atoms with van der Waals surface area (Å²) in [7, 11) is 0. The van der Waals surface area contributed by atoms with Crippen LogP contribution in [-0.2, 0) is 13.0 Å². The molecule has 0 saturated heterocycles. The average Bonchev–Trinajstić information content (AvgIpc) is 2.85. The maximum atomic E-state index is 12.2. The highest BCUT2D eigenvalue weighted by atomic mass is 16.3. The van der Waals surface area contributed by atoms with E-state index in [0.717, 1.165) is 5.69 Å². The maximum Gasteiger partial charge on any atom is 0.271 e. The highest BCUT2D eigenvalue weighted by molar-refractivity contribution is 5.94. The molecule has 0 atom stereocenters. The van der Waals surface area contributed by atoms with E-state index in [-0.39, 0.29) is 23.7 Å². The Balaban J connectivity index is 2.16. The summed E-state index contributed by atoms with van der Waals surface area (Å²) in [4.78, 5) is 23.8. The molecular weight excluding hydrogens is 296 g/mol. The number of aryl methyl sites for hydroxylation is 1. The fourth-order valence-corrected chi connectivity index (χ4v) is 2.81. The van der Waals surface area contributed by atoms with Crippen molar-refractivity contribution < 1.29 is 15.0 Å². The minimum atomic E-state index is -0.279. The Morgan fingerprint density at radius 2 is 2.13 bits per heavy atom. The fourth-order valence-electron chi connectivity index (χ4n) is 2.81. The molecule has 0 spiro atoms. The van der Waals surface area contributed by atoms with Gasteiger partial charge in [0.2, 0.25) is 0 Å². The van der Waals surface area contributed by atoms with Gasteiger partial charge in [0, 0.05) is 24.0 Å². The third kappa shape index (κ3) is 2.68. The highest BCUT2D eigenvalue weighted by Gasteiger charge is 2.31. The number of nitrogens with one attached hydrogen (secondary N) is 2. The van der Waals surface area contributed by atoms with Crippen molar-refractivity contribution in [2.75, 3.05) is 6.54 Å². The van der Waals surface area contributed by atoms with Gasteiger partial charge in [-0.2, -0.15) is 0 Å². The summed E-state index contributed by atoms with van der Waals surface area (Å²) in [6, 6.07) is 0. The van der Waals surface area contributed by atoms with Gasteiger partial charge < -0.3 is 20.5 Å². The standard InChI is InChI=1S/C16H20N4O3/c1-8-13(22)11(9(6-21)5-17-8)14-19-10-4-16(2,3)7-18-15(23)12(10)20-14/h5,21-22H,4,6-7H2,1-3H3,(H,18,23)(H,19,20). The van der Waals surface area contributed by atoms with Crippen LogP contribution in [0.25, 0.3) is 11.4 Å². The van der Waals surface area contributed by atoms with E-state index in [0.29, 0.717) is 41.3 Å². The number of aromatic amines is 1. The Kier molecular flexibility index (Phi) is 3.60. The van der Waals surface area contributed by atoms with Crippen molar-refractivity contribution >= 4 is 5.91 Å². The lowest BCUT2D eigenvalue weighted by atomic mass is 9.88. The molecular formula is C16H20N4O3. The molecule has 0 fully saturated rings. The van der Waals surface area contributed by atoms with Gasteiger partial charge in [-0.1, -0.05) is 13.8 Å². The van der Waals surface area contributed by atoms with Gasteiger partial charge in [0.15, 0.2) is 0 Å². The number of amides is 1. The normalized spacial score (nSPS) is 16.6. The van der Waals surface area contributed by atoms with Crippen LogP contribution in [0.4, 0.5) is 0 Å². The van der Waals surface area contributed by atoms with Gasteiger partial charge in [-0.05, 0) is 18.8 Å². The quantitative estimate of drug-likeness (QED) is 0.667. The third-order valence-corrected chi connectivity index (χ3v) is 4.10. The lowest BCUT2D eigenvalue weighted by Gasteiger charge is -2.21. The number of hydrogen-bond donors (Lipinski definition) is 4. The Morgan fingerprint density at radius 1 is 1.39 bits per heavy atom. The zero-order chi connectivity index (χ0) is 16.8. The maximum absolute atomic E-state index is 12.2. The van der Waals surface area contributed by atoms with Crippen LogP contribution in [0.15, 0.2) is 6.20 Å². The number of aromatic hydroxyl groups is 1. The number of pyridine rings is 1. The number of rotatable bonds is 2. The first kappa shape index (κ1) is 15.5. The van der Waals surface area contributed by atoms with Crippen LogP contribution in [0.3, 0.4) is 0 Å². The molecule has 0 unspecified atom stereocenters. The van der Waals surface area contributed by atoms with Crippen molar-refractivity contribution in [3.8, 4) is 17.1 Å². The second-order valence-corrected chi connectivity index (χ2v) is 6.69. The number of aliphatic hydroxyl groups is 1. The molecule has 2 aromatic heterocycles. The number of aromatic nitrogens is 3. The molecule has 1 aliphatic heterocycles. The first-order valence-electron chi connectivity index (χ1n) is 7.48. The smallest absolute Gasteiger partial charge is 0.271 e. The summed E-state index contributed by atoms with van der Waals surface area (Å²) in [6.07, 6.45) is 2.16. The number of H-pyrrole nitrogens is 1. The van der Waals surface area contributed by atoms with Gasteiger partial charge >= 0.3 is 0 Å². The number of aliphatic hydroxyl groups excluding tert-OH is 1. The monoisotopic (exact) mass is 316 g/mol. The molecule has 2 aromatic rings. The van der Waals surface area contributed by atoms with E-state index in [2.05, 4.69) is 34.1 Å². The van der Waals surface area contributed by atoms with Crippen molar-refractivity contribution in [2.24, 2.45) is 5.41 Å². The predicted molar refractivity (Wildman–Crippen MR) is 84.0 cm³/mol. The van der Waals surface area contributed by atoms with Crippen molar-refractivity contribution in [3.05, 3.63) is 28.8 Å². The molecule has 0 bridgehead atoms. The second-order valence-electron chi connectivity index (χ2n) is 6.69. The molecule has 7 heteroatoms. The van der Waals surface area contributed by atoms with Crippen molar-refractivity contribution in [1.29, 1.82) is 0 Å². The molecule has 3 heterocycles. The molecule has 0 saturated carbocycles. The number of carbonyl (C=O) groups is 1. The lowest BCUT2D eigenvalue weighted by Crippen LogP contribution is -2.32. The molecule has 23 heavy (non-hydrogen) atoms. The average molecular weight is 316 g/mol. The van der Waals surface area contributed by atoms with E-state index in [1.165, 1.54) is 6.20 Å². The van der Waals surface area contributed by atoms with Crippen LogP contribution >= 0.6 is 0 Å². The summed E-state index contributed by atoms with van der Waals surface area (Å²) in [5.74, 6) is 0.0962. The van der Waals surface area contributed by atoms with Gasteiger partial charge in [-0.15, -0.1) is 0 Å². The number of carbonyl (C=O) groups excluding carboxylic acids is 1. The topological polar surface area (TPSA) is 111 Å². The molecule has 0 radical (unpaired) electrons. The SMILES string of the molecule is Cc1ncc(CO)c(-c2nc3c([nH]2)CC(C)(C)CNC3=O)c1O. The molecule has 4 N–H and O–H groups in total. The predicted octanol–water partition coefficient (Wildman–Crippen LogP) is 1.29. The molecule has 0 aromatic carbocycles. The van der Waals surface area contributed by atoms with Crippen LogP contribution in [0.5, 0.6) is 5.75 Å². The van der Waals surface area contributed by atoms with E-state index in [1.54, 1.807) is 6.92 Å². The van der Waals surface area contributed by atoms with Gasteiger partial charge in [-0.25, -0.2) is 4.98 Å². The summed E-state index contributed by atoms with van der Waals surface area (Å²) >= 11 is 0. The van der Waals surface area contributed by atoms with Gasteiger partial charge in [0.25, 0.3) is 5.91 Å². The number of nitrogens with zero attached hydrogens (tertiary/aromatic N) is 2. The lowest BCUT2D eigenvalue weighted by molar-refractivity contribution is 0.0940. The zero-order valence-electron chi connectivity index (χ0n) is 13.4. The van der Waals surface area contributed by atoms with Crippen LogP contribution in [0.1, 0.15) is 41.3 Å². The van der Waals surface area contributed by atoms with E-state index in [1.807, 2.05) is 0 Å². The van der Waals surface area contributed by atoms with Crippen molar-refractivity contribution in [2.45, 2.75) is 33.8 Å². The van der Waals surface area contributed by atoms with Crippen molar-refractivity contribution in [1.82, 2.24) is 20.3 Å². The first-order valence-corrected chi connectivity index (χ1v) is 7.48. The van der Waals surface area contributed by atoms with E-state index in [9.17, 15) is 15.0 Å². The van der Waals surface area contributed by atoms with Crippen molar-refractivity contribution in [3.63, 3.8) is 0 Å². The molecule has 3 rings (SSSR count). The Morgan fingerprint density at radius 3 is 2.83 bits per heavy atom. The molecule has 1 aliphatic rings. The van der Waals surface area contributed by atoms with Gasteiger partial charge in [-0.3, -0.25) is 9.78 Å². The van der Waals surface area contributed by atoms with Gasteiger partial charge in [0.1, 0.15) is 17.3 Å². The number of hydrogen-bond acceptors (Lipinski definition) is 5. The van der Waals surface area contributed by atoms with E-state index >= 15 is 0 Å². The molecule has 0 aliphatic carbocycles. The van der Waals surface area contributed by atoms with Crippen LogP contribution < -0.4 is 5.32 Å². The summed E-state index contributed by atoms with van der Waals surface area (Å²) < 4.78 is 0. The summed E-state index contributed by atoms with van der Waals surface area (Å²) in [5.41, 5.74) is 2.26. The van der Waals surface area contributed by atoms with Crippen LogP contribution in [0, 0.1) is 12.3 Å². The highest BCUT2D eigenvalue weighted by Crippen LogP contribution is 2.34. The molecule has 1 amide bonds. The minimum absolute atomic E-state index is 0.0415. The Labute approximate surface area is 133 Å². The van der Waals surface area contributed by atoms with E-state index < -0.39 is 0 Å². The number of fused-ring (bicyclic) bond motifs is 1. The first-order chi connectivity index (χ1) is 10.8. The van der Waals surface area contributed by atoms with Gasteiger partial charge in [0.05, 0.1) is 17.9 Å². The second kappa shape index (κ2) is 5.34. The fraction of sp³-hybridized carbons (Fsp3) is 0.438. The van der Waals surface area contributed by atoms with E-state index in [4.69, 9.17) is 0 Å². The number of imidazole rings is 1. The molecule has 7 nitrogen and oxygen atoms in total. The minimum Gasteiger partial charge on any atom is -0.505 e. The largest absolute Gasteiger partial charge is 0.505 e. The zero-order valence-corrected chi connectivity index (χ0v) is 13.4. The van der Waals surface area contributed by atoms with Crippen LogP contribution in [-0.4, -0.2) is 37.6 Å². The third-order valence-electron chi connectivity index (χ3n) is 4.10. The Hall–Kier alpha value is -2.41. The Bertz CT molecular complexity index is 780. The van der Waals surface area contributed by atoms with Crippen LogP contribution in [0.2, 0.25) is 0 Å².